The van der Waals surface area contributed by atoms with Gasteiger partial charge in [-0.25, -0.2) is 0 Å². The third-order valence-corrected chi connectivity index (χ3v) is 3.20. The SMILES string of the molecule is Nc1ccncc1C(=O)Nc1cc([N+](=O)[O-])ccc1Br. The van der Waals surface area contributed by atoms with E-state index in [0.717, 1.165) is 0 Å². The van der Waals surface area contributed by atoms with Crippen LogP contribution in [0.1, 0.15) is 10.4 Å². The Morgan fingerprint density at radius 2 is 2.15 bits per heavy atom. The molecule has 0 aliphatic rings. The molecule has 8 heteroatoms. The number of nitrogens with one attached hydrogen (secondary N) is 1. The summed E-state index contributed by atoms with van der Waals surface area (Å²) in [6, 6.07) is 5.57. The maximum atomic E-state index is 12.0. The van der Waals surface area contributed by atoms with Crippen LogP contribution in [0.2, 0.25) is 0 Å². The summed E-state index contributed by atoms with van der Waals surface area (Å²) in [6.07, 6.45) is 2.80. The number of halogens is 1. The fourth-order valence-corrected chi connectivity index (χ4v) is 1.85. The number of amides is 1. The van der Waals surface area contributed by atoms with Crippen molar-refractivity contribution in [2.75, 3.05) is 11.1 Å². The van der Waals surface area contributed by atoms with Crippen molar-refractivity contribution in [1.82, 2.24) is 4.98 Å². The van der Waals surface area contributed by atoms with E-state index >= 15 is 0 Å². The number of hydrogen-bond donors (Lipinski definition) is 2. The lowest BCUT2D eigenvalue weighted by Crippen LogP contribution is -2.14. The van der Waals surface area contributed by atoms with Crippen molar-refractivity contribution in [1.29, 1.82) is 0 Å². The molecule has 0 saturated heterocycles. The van der Waals surface area contributed by atoms with Gasteiger partial charge < -0.3 is 11.1 Å². The van der Waals surface area contributed by atoms with Gasteiger partial charge in [0.2, 0.25) is 0 Å². The number of carbonyl (C=O) groups excluding carboxylic acids is 1. The summed E-state index contributed by atoms with van der Waals surface area (Å²) in [5, 5.41) is 13.3. The van der Waals surface area contributed by atoms with E-state index < -0.39 is 10.8 Å². The number of benzene rings is 1. The molecular formula is C12H9BrN4O3. The van der Waals surface area contributed by atoms with Crippen LogP contribution in [-0.2, 0) is 0 Å². The number of nitrogens with two attached hydrogens (primary N) is 1. The van der Waals surface area contributed by atoms with Crippen LogP contribution in [-0.4, -0.2) is 15.8 Å². The van der Waals surface area contributed by atoms with Crippen LogP contribution < -0.4 is 11.1 Å². The Labute approximate surface area is 122 Å². The van der Waals surface area contributed by atoms with Crippen molar-refractivity contribution < 1.29 is 9.72 Å². The van der Waals surface area contributed by atoms with Crippen LogP contribution in [0.25, 0.3) is 0 Å². The molecule has 1 aromatic carbocycles. The molecule has 0 fully saturated rings. The number of carbonyl (C=O) groups is 1. The van der Waals surface area contributed by atoms with E-state index in [1.165, 1.54) is 36.7 Å². The number of nitrogen functional groups attached to an aromatic ring is 1. The Morgan fingerprint density at radius 3 is 2.80 bits per heavy atom. The number of nitrogens with zero attached hydrogens (tertiary/aromatic N) is 2. The number of anilines is 2. The van der Waals surface area contributed by atoms with Gasteiger partial charge in [-0.3, -0.25) is 19.9 Å². The number of rotatable bonds is 3. The van der Waals surface area contributed by atoms with Crippen LogP contribution >= 0.6 is 15.9 Å². The van der Waals surface area contributed by atoms with E-state index in [0.29, 0.717) is 4.47 Å². The molecular weight excluding hydrogens is 328 g/mol. The maximum Gasteiger partial charge on any atom is 0.271 e. The molecule has 0 aliphatic heterocycles. The first-order chi connectivity index (χ1) is 9.49. The maximum absolute atomic E-state index is 12.0. The van der Waals surface area contributed by atoms with Gasteiger partial charge >= 0.3 is 0 Å². The number of nitro groups is 1. The monoisotopic (exact) mass is 336 g/mol. The van der Waals surface area contributed by atoms with Gasteiger partial charge in [-0.05, 0) is 28.1 Å². The van der Waals surface area contributed by atoms with E-state index in [-0.39, 0.29) is 22.6 Å². The average molecular weight is 337 g/mol. The molecule has 0 aliphatic carbocycles. The Balaban J connectivity index is 2.30. The van der Waals surface area contributed by atoms with Crippen molar-refractivity contribution >= 4 is 38.9 Å². The van der Waals surface area contributed by atoms with Crippen molar-refractivity contribution in [3.8, 4) is 0 Å². The van der Waals surface area contributed by atoms with Gasteiger partial charge in [0.05, 0.1) is 16.2 Å². The van der Waals surface area contributed by atoms with E-state index in [4.69, 9.17) is 5.73 Å². The van der Waals surface area contributed by atoms with Crippen LogP contribution in [0, 0.1) is 10.1 Å². The van der Waals surface area contributed by atoms with Gasteiger partial charge in [0.25, 0.3) is 11.6 Å². The summed E-state index contributed by atoms with van der Waals surface area (Å²) in [5.74, 6) is -0.489. The van der Waals surface area contributed by atoms with Crippen LogP contribution in [0.3, 0.4) is 0 Å². The number of non-ortho nitro benzene ring substituents is 1. The lowest BCUT2D eigenvalue weighted by Gasteiger charge is -2.08. The third-order valence-electron chi connectivity index (χ3n) is 2.51. The minimum absolute atomic E-state index is 0.123. The second-order valence-electron chi connectivity index (χ2n) is 3.84. The number of aromatic nitrogens is 1. The fourth-order valence-electron chi connectivity index (χ4n) is 1.51. The molecule has 0 saturated carbocycles. The Bertz CT molecular complexity index is 690. The number of pyridine rings is 1. The molecule has 7 nitrogen and oxygen atoms in total. The average Bonchev–Trinajstić information content (AvgIpc) is 2.41. The molecule has 2 aromatic rings. The zero-order valence-corrected chi connectivity index (χ0v) is 11.6. The van der Waals surface area contributed by atoms with Gasteiger partial charge in [0.1, 0.15) is 0 Å². The largest absolute Gasteiger partial charge is 0.398 e. The van der Waals surface area contributed by atoms with E-state index in [1.807, 2.05) is 0 Å². The van der Waals surface area contributed by atoms with E-state index in [2.05, 4.69) is 26.2 Å². The molecule has 0 spiro atoms. The molecule has 0 bridgehead atoms. The van der Waals surface area contributed by atoms with Gasteiger partial charge in [-0.15, -0.1) is 0 Å². The Kier molecular flexibility index (Phi) is 3.94. The minimum Gasteiger partial charge on any atom is -0.398 e. The summed E-state index contributed by atoms with van der Waals surface area (Å²) < 4.78 is 0.527. The summed E-state index contributed by atoms with van der Waals surface area (Å²) in [7, 11) is 0. The van der Waals surface area contributed by atoms with Crippen LogP contribution in [0.5, 0.6) is 0 Å². The normalized spacial score (nSPS) is 10.1. The standard InChI is InChI=1S/C12H9BrN4O3/c13-9-2-1-7(17(19)20)5-11(9)16-12(18)8-6-15-4-3-10(8)14/h1-6H,(H2,14,15)(H,16,18). The zero-order valence-electron chi connectivity index (χ0n) is 10.0. The second kappa shape index (κ2) is 5.66. The van der Waals surface area contributed by atoms with E-state index in [9.17, 15) is 14.9 Å². The molecule has 3 N–H and O–H groups in total. The molecule has 1 heterocycles. The molecule has 0 atom stereocenters. The summed E-state index contributed by atoms with van der Waals surface area (Å²) >= 11 is 3.21. The van der Waals surface area contributed by atoms with E-state index in [1.54, 1.807) is 0 Å². The lowest BCUT2D eigenvalue weighted by atomic mass is 10.2. The molecule has 1 aromatic heterocycles. The van der Waals surface area contributed by atoms with Gasteiger partial charge in [-0.2, -0.15) is 0 Å². The summed E-state index contributed by atoms with van der Waals surface area (Å²) in [5.41, 5.74) is 6.31. The van der Waals surface area contributed by atoms with Gasteiger partial charge in [-0.1, -0.05) is 0 Å². The van der Waals surface area contributed by atoms with Crippen molar-refractivity contribution in [3.05, 3.63) is 56.8 Å². The fraction of sp³-hybridized carbons (Fsp3) is 0. The first kappa shape index (κ1) is 13.9. The Hall–Kier alpha value is -2.48. The first-order valence-corrected chi connectivity index (χ1v) is 6.23. The zero-order chi connectivity index (χ0) is 14.7. The van der Waals surface area contributed by atoms with Gasteiger partial charge in [0.15, 0.2) is 0 Å². The quantitative estimate of drug-likeness (QED) is 0.660. The van der Waals surface area contributed by atoms with Gasteiger partial charge in [0, 0.05) is 34.7 Å². The lowest BCUT2D eigenvalue weighted by molar-refractivity contribution is -0.384. The van der Waals surface area contributed by atoms with Crippen molar-refractivity contribution in [2.45, 2.75) is 0 Å². The number of nitro benzene ring substituents is 1. The van der Waals surface area contributed by atoms with Crippen molar-refractivity contribution in [3.63, 3.8) is 0 Å². The molecule has 0 unspecified atom stereocenters. The highest BCUT2D eigenvalue weighted by atomic mass is 79.9. The third kappa shape index (κ3) is 2.91. The molecule has 20 heavy (non-hydrogen) atoms. The summed E-state index contributed by atoms with van der Waals surface area (Å²) in [6.45, 7) is 0. The predicted octanol–water partition coefficient (Wildman–Crippen LogP) is 2.59. The predicted molar refractivity (Wildman–Crippen MR) is 77.4 cm³/mol. The highest BCUT2D eigenvalue weighted by Crippen LogP contribution is 2.27. The topological polar surface area (TPSA) is 111 Å². The van der Waals surface area contributed by atoms with Crippen molar-refractivity contribution in [2.24, 2.45) is 0 Å². The van der Waals surface area contributed by atoms with Crippen LogP contribution in [0.15, 0.2) is 41.1 Å². The Morgan fingerprint density at radius 1 is 1.40 bits per heavy atom. The van der Waals surface area contributed by atoms with Crippen LogP contribution in [0.4, 0.5) is 17.1 Å². The highest BCUT2D eigenvalue weighted by molar-refractivity contribution is 9.10. The molecule has 1 amide bonds. The second-order valence-corrected chi connectivity index (χ2v) is 4.69. The number of hydrogen-bond acceptors (Lipinski definition) is 5. The molecule has 2 rings (SSSR count). The molecule has 102 valence electrons. The molecule has 0 radical (unpaired) electrons. The minimum atomic E-state index is -0.541. The smallest absolute Gasteiger partial charge is 0.271 e. The highest BCUT2D eigenvalue weighted by Gasteiger charge is 2.14. The first-order valence-electron chi connectivity index (χ1n) is 5.44. The summed E-state index contributed by atoms with van der Waals surface area (Å²) in [4.78, 5) is 26.0.